The molecule has 2 aliphatic heterocycles. The predicted octanol–water partition coefficient (Wildman–Crippen LogP) is -0.988. The molecule has 0 aromatic heterocycles. The van der Waals surface area contributed by atoms with E-state index in [2.05, 4.69) is 0 Å². The van der Waals surface area contributed by atoms with Crippen molar-refractivity contribution in [3.05, 3.63) is 11.4 Å². The Hall–Kier alpha value is -1.31. The molecule has 1 fully saturated rings. The molecule has 0 radical (unpaired) electrons. The Balaban J connectivity index is 2.14. The standard InChI is InChI=1S/C11H19N3O4/c1-6-4-14(11(17)13(2)10(6)12)9-3-7(16)8(5-15)18-9/h7-9,15-16H,3-5,12H2,1-2H3. The van der Waals surface area contributed by atoms with Crippen LogP contribution in [0.25, 0.3) is 0 Å². The first-order valence-electron chi connectivity index (χ1n) is 5.89. The molecule has 4 N–H and O–H groups in total. The Bertz CT molecular complexity index is 384. The zero-order valence-electron chi connectivity index (χ0n) is 10.5. The number of carbonyl (C=O) groups excluding carboxylic acids is 1. The lowest BCUT2D eigenvalue weighted by Crippen LogP contribution is -2.52. The van der Waals surface area contributed by atoms with Gasteiger partial charge in [0.2, 0.25) is 0 Å². The lowest BCUT2D eigenvalue weighted by atomic mass is 10.1. The highest BCUT2D eigenvalue weighted by molar-refractivity contribution is 5.78. The number of carbonyl (C=O) groups is 1. The van der Waals surface area contributed by atoms with Crippen LogP contribution in [0, 0.1) is 0 Å². The van der Waals surface area contributed by atoms with Gasteiger partial charge in [0.1, 0.15) is 18.2 Å². The maximum atomic E-state index is 12.1. The number of hydrogen-bond acceptors (Lipinski definition) is 5. The molecular weight excluding hydrogens is 238 g/mol. The Morgan fingerprint density at radius 3 is 2.78 bits per heavy atom. The molecule has 0 aliphatic carbocycles. The minimum Gasteiger partial charge on any atom is -0.394 e. The van der Waals surface area contributed by atoms with Gasteiger partial charge in [0.05, 0.1) is 12.7 Å². The van der Waals surface area contributed by atoms with E-state index >= 15 is 0 Å². The monoisotopic (exact) mass is 257 g/mol. The van der Waals surface area contributed by atoms with Gasteiger partial charge in [-0.2, -0.15) is 0 Å². The van der Waals surface area contributed by atoms with E-state index in [9.17, 15) is 9.90 Å². The highest BCUT2D eigenvalue weighted by Gasteiger charge is 2.41. The third-order valence-electron chi connectivity index (χ3n) is 3.47. The maximum Gasteiger partial charge on any atom is 0.327 e. The van der Waals surface area contributed by atoms with E-state index in [0.717, 1.165) is 5.57 Å². The summed E-state index contributed by atoms with van der Waals surface area (Å²) in [6.45, 7) is 1.97. The second-order valence-electron chi connectivity index (χ2n) is 4.75. The molecule has 1 saturated heterocycles. The molecule has 3 atom stereocenters. The summed E-state index contributed by atoms with van der Waals surface area (Å²) < 4.78 is 5.48. The van der Waals surface area contributed by atoms with E-state index in [-0.39, 0.29) is 12.6 Å². The van der Waals surface area contributed by atoms with Crippen LogP contribution < -0.4 is 5.73 Å². The van der Waals surface area contributed by atoms with Crippen molar-refractivity contribution in [3.8, 4) is 0 Å². The zero-order valence-corrected chi connectivity index (χ0v) is 10.5. The van der Waals surface area contributed by atoms with Crippen LogP contribution in [0.1, 0.15) is 13.3 Å². The number of aliphatic hydroxyl groups is 2. The van der Waals surface area contributed by atoms with Gasteiger partial charge in [-0.05, 0) is 12.5 Å². The van der Waals surface area contributed by atoms with Gasteiger partial charge in [0.25, 0.3) is 0 Å². The van der Waals surface area contributed by atoms with Crippen LogP contribution in [0.5, 0.6) is 0 Å². The van der Waals surface area contributed by atoms with Crippen LogP contribution in [0.15, 0.2) is 11.4 Å². The molecule has 2 amide bonds. The number of hydrogen-bond donors (Lipinski definition) is 3. The lowest BCUT2D eigenvalue weighted by molar-refractivity contribution is -0.0659. The van der Waals surface area contributed by atoms with Crippen molar-refractivity contribution in [1.82, 2.24) is 9.80 Å². The summed E-state index contributed by atoms with van der Waals surface area (Å²) in [5.74, 6) is 0.452. The van der Waals surface area contributed by atoms with Crippen molar-refractivity contribution in [1.29, 1.82) is 0 Å². The summed E-state index contributed by atoms with van der Waals surface area (Å²) in [6.07, 6.45) is -1.59. The van der Waals surface area contributed by atoms with Gasteiger partial charge in [0, 0.05) is 20.0 Å². The van der Waals surface area contributed by atoms with Crippen LogP contribution in [-0.2, 0) is 4.74 Å². The topological polar surface area (TPSA) is 99.3 Å². The fourth-order valence-corrected chi connectivity index (χ4v) is 2.28. The molecule has 3 unspecified atom stereocenters. The highest BCUT2D eigenvalue weighted by Crippen LogP contribution is 2.27. The molecule has 7 nitrogen and oxygen atoms in total. The van der Waals surface area contributed by atoms with Crippen LogP contribution in [0.4, 0.5) is 4.79 Å². The van der Waals surface area contributed by atoms with Crippen LogP contribution in [0.2, 0.25) is 0 Å². The average Bonchev–Trinajstić information content (AvgIpc) is 2.72. The summed E-state index contributed by atoms with van der Waals surface area (Å²) in [5, 5.41) is 18.7. The molecule has 2 heterocycles. The Kier molecular flexibility index (Phi) is 3.47. The second kappa shape index (κ2) is 4.75. The van der Waals surface area contributed by atoms with Gasteiger partial charge < -0.3 is 20.7 Å². The molecule has 2 rings (SSSR count). The average molecular weight is 257 g/mol. The van der Waals surface area contributed by atoms with E-state index in [1.54, 1.807) is 7.05 Å². The van der Waals surface area contributed by atoms with Gasteiger partial charge in [-0.15, -0.1) is 0 Å². The van der Waals surface area contributed by atoms with Gasteiger partial charge in [-0.1, -0.05) is 0 Å². The highest BCUT2D eigenvalue weighted by atomic mass is 16.5. The first-order valence-corrected chi connectivity index (χ1v) is 5.89. The first kappa shape index (κ1) is 13.1. The van der Waals surface area contributed by atoms with Gasteiger partial charge in [-0.3, -0.25) is 9.80 Å². The first-order chi connectivity index (χ1) is 8.45. The van der Waals surface area contributed by atoms with E-state index in [0.29, 0.717) is 18.8 Å². The van der Waals surface area contributed by atoms with Crippen molar-refractivity contribution >= 4 is 6.03 Å². The summed E-state index contributed by atoms with van der Waals surface area (Å²) in [7, 11) is 1.60. The van der Waals surface area contributed by atoms with Crippen LogP contribution in [-0.4, -0.2) is 64.7 Å². The van der Waals surface area contributed by atoms with Crippen molar-refractivity contribution in [2.24, 2.45) is 5.73 Å². The Morgan fingerprint density at radius 1 is 1.56 bits per heavy atom. The van der Waals surface area contributed by atoms with Crippen molar-refractivity contribution in [2.75, 3.05) is 20.2 Å². The molecule has 0 spiro atoms. The summed E-state index contributed by atoms with van der Waals surface area (Å²) in [6, 6.07) is -0.256. The summed E-state index contributed by atoms with van der Waals surface area (Å²) in [4.78, 5) is 15.0. The third-order valence-corrected chi connectivity index (χ3v) is 3.47. The van der Waals surface area contributed by atoms with Crippen molar-refractivity contribution < 1.29 is 19.7 Å². The van der Waals surface area contributed by atoms with E-state index < -0.39 is 18.4 Å². The number of nitrogens with two attached hydrogens (primary N) is 1. The molecule has 0 aromatic carbocycles. The molecule has 7 heteroatoms. The number of amides is 2. The number of rotatable bonds is 2. The van der Waals surface area contributed by atoms with Crippen LogP contribution in [0.3, 0.4) is 0 Å². The molecule has 0 aromatic rings. The Labute approximate surface area is 105 Å². The second-order valence-corrected chi connectivity index (χ2v) is 4.75. The normalized spacial score (nSPS) is 33.6. The summed E-state index contributed by atoms with van der Waals surface area (Å²) >= 11 is 0. The molecule has 18 heavy (non-hydrogen) atoms. The van der Waals surface area contributed by atoms with E-state index in [4.69, 9.17) is 15.6 Å². The number of ether oxygens (including phenoxy) is 1. The SMILES string of the molecule is CC1=C(N)N(C)C(=O)N(C2CC(O)C(CO)O2)C1. The summed E-state index contributed by atoms with van der Waals surface area (Å²) in [5.41, 5.74) is 6.66. The Morgan fingerprint density at radius 2 is 2.22 bits per heavy atom. The van der Waals surface area contributed by atoms with Gasteiger partial charge in [-0.25, -0.2) is 4.79 Å². The van der Waals surface area contributed by atoms with Crippen LogP contribution >= 0.6 is 0 Å². The van der Waals surface area contributed by atoms with E-state index in [1.807, 2.05) is 6.92 Å². The van der Waals surface area contributed by atoms with Crippen molar-refractivity contribution in [2.45, 2.75) is 31.8 Å². The molecule has 2 aliphatic rings. The number of urea groups is 1. The molecule has 0 saturated carbocycles. The smallest absolute Gasteiger partial charge is 0.327 e. The number of aliphatic hydroxyl groups excluding tert-OH is 2. The maximum absolute atomic E-state index is 12.1. The minimum atomic E-state index is -0.748. The van der Waals surface area contributed by atoms with E-state index in [1.165, 1.54) is 9.80 Å². The van der Waals surface area contributed by atoms with Crippen molar-refractivity contribution in [3.63, 3.8) is 0 Å². The fraction of sp³-hybridized carbons (Fsp3) is 0.727. The quantitative estimate of drug-likeness (QED) is 0.590. The predicted molar refractivity (Wildman–Crippen MR) is 63.1 cm³/mol. The fourth-order valence-electron chi connectivity index (χ4n) is 2.28. The third kappa shape index (κ3) is 2.05. The van der Waals surface area contributed by atoms with Gasteiger partial charge >= 0.3 is 6.03 Å². The largest absolute Gasteiger partial charge is 0.394 e. The molecule has 102 valence electrons. The molecule has 0 bridgehead atoms. The zero-order chi connectivity index (χ0) is 13.4. The number of nitrogens with zero attached hydrogens (tertiary/aromatic N) is 2. The minimum absolute atomic E-state index is 0.256. The lowest BCUT2D eigenvalue weighted by Gasteiger charge is -2.37. The molecular formula is C11H19N3O4. The van der Waals surface area contributed by atoms with Gasteiger partial charge in [0.15, 0.2) is 0 Å².